The molecule has 6 aromatic carbocycles. The summed E-state index contributed by atoms with van der Waals surface area (Å²) in [6.07, 6.45) is 3.63. The van der Waals surface area contributed by atoms with Crippen molar-refractivity contribution in [1.82, 2.24) is 15.0 Å². The highest BCUT2D eigenvalue weighted by Gasteiger charge is 2.22. The fraction of sp³-hybridized carbons (Fsp3) is 0. The molecule has 5 nitrogen and oxygen atoms in total. The minimum Gasteiger partial charge on any atom is -0.455 e. The Morgan fingerprint density at radius 3 is 1.74 bits per heavy atom. The number of hydrogen-bond acceptors (Lipinski definition) is 5. The summed E-state index contributed by atoms with van der Waals surface area (Å²) in [7, 11) is 0. The summed E-state index contributed by atoms with van der Waals surface area (Å²) in [6, 6.07) is 51.8. The highest BCUT2D eigenvalue weighted by Crippen LogP contribution is 2.44. The lowest BCUT2D eigenvalue weighted by molar-refractivity contribution is 0.669. The van der Waals surface area contributed by atoms with E-state index in [2.05, 4.69) is 96.0 Å². The molecule has 5 heteroatoms. The summed E-state index contributed by atoms with van der Waals surface area (Å²) in [5.41, 5.74) is 12.0. The van der Waals surface area contributed by atoms with E-state index in [0.29, 0.717) is 5.82 Å². The minimum absolute atomic E-state index is 0.595. The van der Waals surface area contributed by atoms with Crippen molar-refractivity contribution >= 4 is 43.9 Å². The van der Waals surface area contributed by atoms with Crippen LogP contribution in [0.4, 0.5) is 0 Å². The lowest BCUT2D eigenvalue weighted by Crippen LogP contribution is -1.96. The summed E-state index contributed by atoms with van der Waals surface area (Å²) in [5, 5.41) is 4.21. The number of hydrogen-bond donors (Lipinski definition) is 0. The maximum Gasteiger partial charge on any atom is 0.164 e. The van der Waals surface area contributed by atoms with Gasteiger partial charge in [-0.25, -0.2) is 9.97 Å². The normalized spacial score (nSPS) is 11.6. The molecule has 0 atom stereocenters. The van der Waals surface area contributed by atoms with Crippen molar-refractivity contribution in [3.8, 4) is 56.2 Å². The van der Waals surface area contributed by atoms with E-state index < -0.39 is 0 Å². The van der Waals surface area contributed by atoms with Gasteiger partial charge >= 0.3 is 0 Å². The van der Waals surface area contributed by atoms with Crippen molar-refractivity contribution in [3.05, 3.63) is 164 Å². The average Bonchev–Trinajstić information content (AvgIpc) is 3.78. The molecule has 0 unspecified atom stereocenters. The number of benzene rings is 6. The van der Waals surface area contributed by atoms with Crippen molar-refractivity contribution in [1.29, 1.82) is 0 Å². The first-order valence-electron chi connectivity index (χ1n) is 16.6. The van der Waals surface area contributed by atoms with E-state index in [1.165, 1.54) is 0 Å². The van der Waals surface area contributed by atoms with Crippen LogP contribution < -0.4 is 0 Å². The van der Waals surface area contributed by atoms with E-state index in [-0.39, 0.29) is 0 Å². The van der Waals surface area contributed by atoms with Crippen LogP contribution in [0.3, 0.4) is 0 Å². The van der Waals surface area contributed by atoms with Gasteiger partial charge in [0.15, 0.2) is 5.82 Å². The fourth-order valence-electron chi connectivity index (χ4n) is 7.04. The van der Waals surface area contributed by atoms with Crippen LogP contribution in [0.5, 0.6) is 0 Å². The molecule has 10 aromatic rings. The molecule has 0 N–H and O–H groups in total. The van der Waals surface area contributed by atoms with E-state index in [1.807, 2.05) is 73.1 Å². The van der Waals surface area contributed by atoms with Crippen LogP contribution >= 0.6 is 0 Å². The van der Waals surface area contributed by atoms with Crippen LogP contribution in [0, 0.1) is 0 Å². The minimum atomic E-state index is 0.595. The Morgan fingerprint density at radius 1 is 0.380 bits per heavy atom. The number of furan rings is 2. The predicted molar refractivity (Wildman–Crippen MR) is 202 cm³/mol. The highest BCUT2D eigenvalue weighted by atomic mass is 16.3. The smallest absolute Gasteiger partial charge is 0.164 e. The van der Waals surface area contributed by atoms with Gasteiger partial charge in [-0.05, 0) is 53.1 Å². The Kier molecular flexibility index (Phi) is 6.42. The van der Waals surface area contributed by atoms with Crippen LogP contribution in [-0.2, 0) is 0 Å². The molecule has 0 aliphatic rings. The lowest BCUT2D eigenvalue weighted by atomic mass is 9.95. The number of rotatable bonds is 5. The topological polar surface area (TPSA) is 65.0 Å². The molecule has 0 saturated carbocycles. The molecule has 0 aliphatic heterocycles. The van der Waals surface area contributed by atoms with Crippen LogP contribution in [0.15, 0.2) is 173 Å². The molecule has 0 fully saturated rings. The largest absolute Gasteiger partial charge is 0.455 e. The van der Waals surface area contributed by atoms with Crippen LogP contribution in [0.25, 0.3) is 100 Å². The highest BCUT2D eigenvalue weighted by molar-refractivity contribution is 6.19. The van der Waals surface area contributed by atoms with Crippen LogP contribution in [0.1, 0.15) is 0 Å². The van der Waals surface area contributed by atoms with Crippen molar-refractivity contribution in [2.45, 2.75) is 0 Å². The van der Waals surface area contributed by atoms with Crippen molar-refractivity contribution < 1.29 is 8.83 Å². The van der Waals surface area contributed by atoms with Gasteiger partial charge in [0, 0.05) is 50.6 Å². The van der Waals surface area contributed by atoms with Gasteiger partial charge in [0.1, 0.15) is 22.3 Å². The van der Waals surface area contributed by atoms with E-state index in [0.717, 1.165) is 94.2 Å². The third-order valence-electron chi connectivity index (χ3n) is 9.45. The molecule has 0 saturated heterocycles. The first-order valence-corrected chi connectivity index (χ1v) is 16.6. The molecular weight excluding hydrogens is 615 g/mol. The van der Waals surface area contributed by atoms with Crippen molar-refractivity contribution in [2.75, 3.05) is 0 Å². The summed E-state index contributed by atoms with van der Waals surface area (Å²) >= 11 is 0. The summed E-state index contributed by atoms with van der Waals surface area (Å²) in [4.78, 5) is 14.5. The number of pyridine rings is 1. The third-order valence-corrected chi connectivity index (χ3v) is 9.45. The predicted octanol–water partition coefficient (Wildman–Crippen LogP) is 12.0. The molecule has 0 bridgehead atoms. The average molecular weight is 642 g/mol. The summed E-state index contributed by atoms with van der Waals surface area (Å²) in [5.74, 6) is 0.595. The molecule has 4 aromatic heterocycles. The van der Waals surface area contributed by atoms with E-state index >= 15 is 0 Å². The quantitative estimate of drug-likeness (QED) is 0.187. The van der Waals surface area contributed by atoms with Gasteiger partial charge in [0.05, 0.1) is 17.0 Å². The van der Waals surface area contributed by atoms with E-state index in [9.17, 15) is 0 Å². The molecule has 0 aliphatic carbocycles. The van der Waals surface area contributed by atoms with Crippen LogP contribution in [0.2, 0.25) is 0 Å². The van der Waals surface area contributed by atoms with Gasteiger partial charge < -0.3 is 8.83 Å². The van der Waals surface area contributed by atoms with Gasteiger partial charge in [-0.15, -0.1) is 0 Å². The maximum absolute atomic E-state index is 6.71. The zero-order valence-electron chi connectivity index (χ0n) is 26.7. The number of aromatic nitrogens is 3. The van der Waals surface area contributed by atoms with Gasteiger partial charge in [0.2, 0.25) is 0 Å². The zero-order chi connectivity index (χ0) is 33.0. The third kappa shape index (κ3) is 4.60. The maximum atomic E-state index is 6.71. The van der Waals surface area contributed by atoms with E-state index in [1.54, 1.807) is 0 Å². The first kappa shape index (κ1) is 28.2. The Bertz CT molecular complexity index is 2850. The number of fused-ring (bicyclic) bond motifs is 6. The Morgan fingerprint density at radius 2 is 0.960 bits per heavy atom. The number of nitrogens with zero attached hydrogens (tertiary/aromatic N) is 3. The SMILES string of the molecule is c1ccc(-c2cc(-c3ccc(-c4ccncc4)cc3)nc(-c3ccc(-c4cccc5c4oc4ccccc45)c4c3oc3ccccc34)n2)cc1. The second-order valence-corrected chi connectivity index (χ2v) is 12.4. The van der Waals surface area contributed by atoms with E-state index in [4.69, 9.17) is 18.8 Å². The second kappa shape index (κ2) is 11.4. The summed E-state index contributed by atoms with van der Waals surface area (Å²) in [6.45, 7) is 0. The Balaban J connectivity index is 1.20. The van der Waals surface area contributed by atoms with Crippen molar-refractivity contribution in [2.24, 2.45) is 0 Å². The van der Waals surface area contributed by atoms with Crippen molar-refractivity contribution in [3.63, 3.8) is 0 Å². The fourth-order valence-corrected chi connectivity index (χ4v) is 7.04. The van der Waals surface area contributed by atoms with Gasteiger partial charge in [-0.1, -0.05) is 115 Å². The Hall–Kier alpha value is -6.85. The first-order chi connectivity index (χ1) is 24.8. The van der Waals surface area contributed by atoms with Gasteiger partial charge in [0.25, 0.3) is 0 Å². The van der Waals surface area contributed by atoms with Gasteiger partial charge in [-0.2, -0.15) is 0 Å². The Labute approximate surface area is 287 Å². The summed E-state index contributed by atoms with van der Waals surface area (Å²) < 4.78 is 13.2. The molecule has 0 radical (unpaired) electrons. The zero-order valence-corrected chi connectivity index (χ0v) is 26.7. The lowest BCUT2D eigenvalue weighted by Gasteiger charge is -2.12. The molecule has 4 heterocycles. The van der Waals surface area contributed by atoms with Crippen LogP contribution in [-0.4, -0.2) is 15.0 Å². The molecule has 234 valence electrons. The standard InChI is InChI=1S/C45H27N3O2/c1-2-9-30(10-3-1)38-27-39(31-19-17-28(18-20-31)29-23-25-46-26-24-29)48-45(47-38)37-22-21-33(42-36-12-5-7-16-41(36)50-44(37)42)35-14-8-13-34-32-11-4-6-15-40(32)49-43(34)35/h1-27H. The molecule has 0 amide bonds. The monoisotopic (exact) mass is 641 g/mol. The molecular formula is C45H27N3O2. The second-order valence-electron chi connectivity index (χ2n) is 12.4. The molecule has 10 rings (SSSR count). The molecule has 50 heavy (non-hydrogen) atoms. The van der Waals surface area contributed by atoms with Gasteiger partial charge in [-0.3, -0.25) is 4.98 Å². The molecule has 0 spiro atoms. The number of para-hydroxylation sites is 3.